The minimum atomic E-state index is -0.122. The lowest BCUT2D eigenvalue weighted by Crippen LogP contribution is -2.13. The number of aryl methyl sites for hydroxylation is 1. The number of rotatable bonds is 6. The Labute approximate surface area is 120 Å². The molecule has 1 unspecified atom stereocenters. The molecule has 3 N–H and O–H groups in total. The van der Waals surface area contributed by atoms with Crippen molar-refractivity contribution >= 4 is 0 Å². The van der Waals surface area contributed by atoms with E-state index in [1.54, 1.807) is 0 Å². The third-order valence-electron chi connectivity index (χ3n) is 3.33. The Morgan fingerprint density at radius 2 is 1.90 bits per heavy atom. The summed E-state index contributed by atoms with van der Waals surface area (Å²) in [6, 6.07) is 15.9. The zero-order valence-electron chi connectivity index (χ0n) is 11.8. The second kappa shape index (κ2) is 7.08. The average Bonchev–Trinajstić information content (AvgIpc) is 2.46. The molecule has 0 bridgehead atoms. The van der Waals surface area contributed by atoms with Gasteiger partial charge in [0.15, 0.2) is 0 Å². The third-order valence-corrected chi connectivity index (χ3v) is 3.33. The number of ether oxygens (including phenoxy) is 1. The van der Waals surface area contributed by atoms with Crippen LogP contribution in [0.25, 0.3) is 0 Å². The van der Waals surface area contributed by atoms with Crippen molar-refractivity contribution in [1.82, 2.24) is 0 Å². The number of hydrogen-bond acceptors (Lipinski definition) is 3. The molecule has 0 spiro atoms. The van der Waals surface area contributed by atoms with E-state index < -0.39 is 0 Å². The molecule has 0 aliphatic heterocycles. The normalized spacial score (nSPS) is 12.2. The van der Waals surface area contributed by atoms with Gasteiger partial charge in [0, 0.05) is 12.6 Å². The molecular formula is C17H21NO2. The number of nitrogens with two attached hydrogens (primary N) is 1. The fourth-order valence-electron chi connectivity index (χ4n) is 2.19. The standard InChI is InChI=1S/C17H21NO2/c1-13-11-15(7-8-16(13)17(18)9-10-19)20-12-14-5-3-2-4-6-14/h2-8,11,17,19H,9-10,12,18H2,1H3. The maximum Gasteiger partial charge on any atom is 0.120 e. The fraction of sp³-hybridized carbons (Fsp3) is 0.294. The molecular weight excluding hydrogens is 250 g/mol. The van der Waals surface area contributed by atoms with E-state index in [9.17, 15) is 0 Å². The van der Waals surface area contributed by atoms with Crippen molar-refractivity contribution in [3.63, 3.8) is 0 Å². The topological polar surface area (TPSA) is 55.5 Å². The quantitative estimate of drug-likeness (QED) is 0.849. The number of hydrogen-bond donors (Lipinski definition) is 2. The summed E-state index contributed by atoms with van der Waals surface area (Å²) in [6.45, 7) is 2.68. The number of aliphatic hydroxyl groups excluding tert-OH is 1. The Balaban J connectivity index is 2.02. The molecule has 2 aromatic rings. The second-order valence-corrected chi connectivity index (χ2v) is 4.91. The van der Waals surface area contributed by atoms with E-state index in [2.05, 4.69) is 0 Å². The maximum atomic E-state index is 8.95. The summed E-state index contributed by atoms with van der Waals surface area (Å²) in [5.41, 5.74) is 9.32. The first kappa shape index (κ1) is 14.6. The fourth-order valence-corrected chi connectivity index (χ4v) is 2.19. The van der Waals surface area contributed by atoms with Gasteiger partial charge in [-0.2, -0.15) is 0 Å². The monoisotopic (exact) mass is 271 g/mol. The molecule has 2 aromatic carbocycles. The smallest absolute Gasteiger partial charge is 0.120 e. The molecule has 106 valence electrons. The minimum Gasteiger partial charge on any atom is -0.489 e. The maximum absolute atomic E-state index is 8.95. The summed E-state index contributed by atoms with van der Waals surface area (Å²) >= 11 is 0. The molecule has 3 heteroatoms. The highest BCUT2D eigenvalue weighted by molar-refractivity contribution is 5.36. The van der Waals surface area contributed by atoms with Crippen LogP contribution >= 0.6 is 0 Å². The van der Waals surface area contributed by atoms with Crippen LogP contribution < -0.4 is 10.5 Å². The van der Waals surface area contributed by atoms with Gasteiger partial charge in [0.1, 0.15) is 12.4 Å². The highest BCUT2D eigenvalue weighted by Crippen LogP contribution is 2.23. The van der Waals surface area contributed by atoms with Crippen LogP contribution in [-0.2, 0) is 6.61 Å². The van der Waals surface area contributed by atoms with Crippen LogP contribution in [0, 0.1) is 6.92 Å². The summed E-state index contributed by atoms with van der Waals surface area (Å²) < 4.78 is 5.78. The molecule has 3 nitrogen and oxygen atoms in total. The summed E-state index contributed by atoms with van der Waals surface area (Å²) in [4.78, 5) is 0. The largest absolute Gasteiger partial charge is 0.489 e. The minimum absolute atomic E-state index is 0.104. The molecule has 1 atom stereocenters. The zero-order valence-corrected chi connectivity index (χ0v) is 11.8. The van der Waals surface area contributed by atoms with Crippen LogP contribution in [0.3, 0.4) is 0 Å². The highest BCUT2D eigenvalue weighted by atomic mass is 16.5. The Morgan fingerprint density at radius 3 is 2.55 bits per heavy atom. The van der Waals surface area contributed by atoms with E-state index in [0.717, 1.165) is 22.4 Å². The van der Waals surface area contributed by atoms with Crippen LogP contribution in [0.4, 0.5) is 0 Å². The van der Waals surface area contributed by atoms with E-state index in [0.29, 0.717) is 13.0 Å². The zero-order chi connectivity index (χ0) is 14.4. The van der Waals surface area contributed by atoms with Gasteiger partial charge in [-0.3, -0.25) is 0 Å². The summed E-state index contributed by atoms with van der Waals surface area (Å²) in [7, 11) is 0. The van der Waals surface area contributed by atoms with Crippen molar-refractivity contribution in [2.24, 2.45) is 5.73 Å². The van der Waals surface area contributed by atoms with E-state index in [1.165, 1.54) is 0 Å². The van der Waals surface area contributed by atoms with Gasteiger partial charge in [-0.15, -0.1) is 0 Å². The van der Waals surface area contributed by atoms with Crippen molar-refractivity contribution in [2.45, 2.75) is 26.0 Å². The van der Waals surface area contributed by atoms with E-state index in [1.807, 2.05) is 55.5 Å². The van der Waals surface area contributed by atoms with Crippen molar-refractivity contribution in [2.75, 3.05) is 6.61 Å². The van der Waals surface area contributed by atoms with Crippen molar-refractivity contribution < 1.29 is 9.84 Å². The lowest BCUT2D eigenvalue weighted by Gasteiger charge is -2.15. The Kier molecular flexibility index (Phi) is 5.16. The van der Waals surface area contributed by atoms with Gasteiger partial charge in [-0.25, -0.2) is 0 Å². The van der Waals surface area contributed by atoms with Crippen LogP contribution in [0.5, 0.6) is 5.75 Å². The Bertz CT molecular complexity index is 540. The molecule has 20 heavy (non-hydrogen) atoms. The summed E-state index contributed by atoms with van der Waals surface area (Å²) in [6.07, 6.45) is 0.574. The molecule has 0 aromatic heterocycles. The average molecular weight is 271 g/mol. The summed E-state index contributed by atoms with van der Waals surface area (Å²) in [5, 5.41) is 8.95. The van der Waals surface area contributed by atoms with E-state index in [-0.39, 0.29) is 12.6 Å². The molecule has 0 heterocycles. The van der Waals surface area contributed by atoms with Crippen LogP contribution in [-0.4, -0.2) is 11.7 Å². The SMILES string of the molecule is Cc1cc(OCc2ccccc2)ccc1C(N)CCO. The van der Waals surface area contributed by atoms with Gasteiger partial charge in [0.2, 0.25) is 0 Å². The van der Waals surface area contributed by atoms with Crippen LogP contribution in [0.1, 0.15) is 29.2 Å². The predicted molar refractivity (Wildman–Crippen MR) is 80.6 cm³/mol. The number of benzene rings is 2. The van der Waals surface area contributed by atoms with Gasteiger partial charge in [-0.05, 0) is 42.2 Å². The van der Waals surface area contributed by atoms with Gasteiger partial charge < -0.3 is 15.6 Å². The molecule has 0 radical (unpaired) electrons. The van der Waals surface area contributed by atoms with Gasteiger partial charge in [-0.1, -0.05) is 36.4 Å². The molecule has 2 rings (SSSR count). The van der Waals surface area contributed by atoms with Crippen molar-refractivity contribution in [1.29, 1.82) is 0 Å². The summed E-state index contributed by atoms with van der Waals surface area (Å²) in [5.74, 6) is 0.839. The Hall–Kier alpha value is -1.84. The van der Waals surface area contributed by atoms with Crippen LogP contribution in [0.2, 0.25) is 0 Å². The second-order valence-electron chi connectivity index (χ2n) is 4.91. The lowest BCUT2D eigenvalue weighted by atomic mass is 9.99. The van der Waals surface area contributed by atoms with Gasteiger partial charge in [0.05, 0.1) is 0 Å². The molecule has 0 aliphatic carbocycles. The Morgan fingerprint density at radius 1 is 1.15 bits per heavy atom. The lowest BCUT2D eigenvalue weighted by molar-refractivity contribution is 0.276. The molecule has 0 fully saturated rings. The molecule has 0 saturated carbocycles. The van der Waals surface area contributed by atoms with E-state index >= 15 is 0 Å². The van der Waals surface area contributed by atoms with Gasteiger partial charge in [0.25, 0.3) is 0 Å². The molecule has 0 saturated heterocycles. The van der Waals surface area contributed by atoms with Gasteiger partial charge >= 0.3 is 0 Å². The number of aliphatic hydroxyl groups is 1. The van der Waals surface area contributed by atoms with E-state index in [4.69, 9.17) is 15.6 Å². The molecule has 0 amide bonds. The first-order valence-electron chi connectivity index (χ1n) is 6.84. The first-order valence-corrected chi connectivity index (χ1v) is 6.84. The predicted octanol–water partition coefficient (Wildman–Crippen LogP) is 2.96. The highest BCUT2D eigenvalue weighted by Gasteiger charge is 2.09. The van der Waals surface area contributed by atoms with Crippen LogP contribution in [0.15, 0.2) is 48.5 Å². The van der Waals surface area contributed by atoms with Crippen molar-refractivity contribution in [3.8, 4) is 5.75 Å². The van der Waals surface area contributed by atoms with Crippen molar-refractivity contribution in [3.05, 3.63) is 65.2 Å². The first-order chi connectivity index (χ1) is 9.70. The third kappa shape index (κ3) is 3.83. The molecule has 0 aliphatic rings.